The van der Waals surface area contributed by atoms with Gasteiger partial charge in [-0.15, -0.1) is 0 Å². The maximum atomic E-state index is 11.9. The topological polar surface area (TPSA) is 35.5 Å². The molecule has 0 aromatic rings. The van der Waals surface area contributed by atoms with Crippen molar-refractivity contribution in [2.24, 2.45) is 11.8 Å². The molecule has 1 aliphatic carbocycles. The van der Waals surface area contributed by atoms with E-state index in [0.717, 1.165) is 0 Å². The zero-order valence-electron chi connectivity index (χ0n) is 9.84. The van der Waals surface area contributed by atoms with Gasteiger partial charge in [-0.25, -0.2) is 0 Å². The lowest BCUT2D eigenvalue weighted by atomic mass is 9.94. The number of hydrogen-bond donors (Lipinski definition) is 0. The van der Waals surface area contributed by atoms with Crippen LogP contribution >= 0.6 is 0 Å². The Bertz CT molecular complexity index is 269. The highest BCUT2D eigenvalue weighted by atomic mass is 16.7. The number of hydrogen-bond acceptors (Lipinski definition) is 3. The monoisotopic (exact) mass is 199 g/mol. The molecule has 2 aliphatic rings. The minimum Gasteiger partial charge on any atom is -0.348 e. The van der Waals surface area contributed by atoms with Gasteiger partial charge >= 0.3 is 0 Å². The Labute approximate surface area is 86.2 Å². The largest absolute Gasteiger partial charge is 0.348 e. The lowest BCUT2D eigenvalue weighted by molar-refractivity contribution is -0.171. The summed E-state index contributed by atoms with van der Waals surface area (Å²) in [6.45, 7) is 4.78. The average Bonchev–Trinajstić information content (AvgIpc) is 2.60. The minimum absolute atomic E-state index is 0.0125. The van der Waals surface area contributed by atoms with Crippen LogP contribution in [0.4, 0.5) is 0 Å². The SMILES string of the molecule is [2H][C@@]1(C)CCC2(C[C@H](C)C1=O)OCCO2. The Kier molecular flexibility index (Phi) is 2.30. The van der Waals surface area contributed by atoms with Gasteiger partial charge in [-0.05, 0) is 6.42 Å². The highest BCUT2D eigenvalue weighted by Gasteiger charge is 2.42. The van der Waals surface area contributed by atoms with Gasteiger partial charge in [0.2, 0.25) is 0 Å². The quantitative estimate of drug-likeness (QED) is 0.596. The molecule has 2 rings (SSSR count). The second-order valence-electron chi connectivity index (χ2n) is 4.36. The second-order valence-corrected chi connectivity index (χ2v) is 4.36. The van der Waals surface area contributed by atoms with E-state index in [2.05, 4.69) is 0 Å². The summed E-state index contributed by atoms with van der Waals surface area (Å²) in [5.41, 5.74) is 0. The first-order valence-electron chi connectivity index (χ1n) is 5.77. The molecule has 0 amide bonds. The van der Waals surface area contributed by atoms with E-state index in [1.54, 1.807) is 6.92 Å². The molecule has 0 bridgehead atoms. The van der Waals surface area contributed by atoms with Crippen molar-refractivity contribution in [1.82, 2.24) is 0 Å². The molecule has 0 unspecified atom stereocenters. The van der Waals surface area contributed by atoms with Crippen LogP contribution in [0.25, 0.3) is 0 Å². The van der Waals surface area contributed by atoms with Crippen molar-refractivity contribution >= 4 is 5.78 Å². The molecule has 2 fully saturated rings. The number of ketones is 1. The van der Waals surface area contributed by atoms with Crippen LogP contribution in [0.3, 0.4) is 0 Å². The van der Waals surface area contributed by atoms with Crippen LogP contribution in [-0.2, 0) is 14.3 Å². The Morgan fingerprint density at radius 2 is 2.07 bits per heavy atom. The van der Waals surface area contributed by atoms with Gasteiger partial charge in [-0.3, -0.25) is 4.79 Å². The maximum Gasteiger partial charge on any atom is 0.169 e. The third-order valence-corrected chi connectivity index (χ3v) is 3.18. The van der Waals surface area contributed by atoms with Crippen LogP contribution in [0.2, 0.25) is 0 Å². The molecule has 3 heteroatoms. The molecule has 80 valence electrons. The highest BCUT2D eigenvalue weighted by molar-refractivity contribution is 5.83. The minimum atomic E-state index is -0.974. The first-order valence-corrected chi connectivity index (χ1v) is 5.27. The van der Waals surface area contributed by atoms with E-state index in [4.69, 9.17) is 10.8 Å². The van der Waals surface area contributed by atoms with Gasteiger partial charge in [0.15, 0.2) is 5.79 Å². The van der Waals surface area contributed by atoms with Crippen LogP contribution in [0.5, 0.6) is 0 Å². The van der Waals surface area contributed by atoms with Crippen molar-refractivity contribution in [3.05, 3.63) is 0 Å². The fourth-order valence-electron chi connectivity index (χ4n) is 2.34. The molecule has 0 radical (unpaired) electrons. The van der Waals surface area contributed by atoms with Crippen LogP contribution in [0.1, 0.15) is 34.5 Å². The van der Waals surface area contributed by atoms with E-state index in [-0.39, 0.29) is 11.7 Å². The van der Waals surface area contributed by atoms with Gasteiger partial charge in [-0.2, -0.15) is 0 Å². The summed E-state index contributed by atoms with van der Waals surface area (Å²) in [6.07, 6.45) is 1.78. The molecule has 1 spiro atoms. The van der Waals surface area contributed by atoms with Crippen LogP contribution in [0, 0.1) is 11.8 Å². The number of Topliss-reactive ketones (excluding diaryl/α,β-unsaturated/α-hetero) is 1. The van der Waals surface area contributed by atoms with Crippen molar-refractivity contribution in [2.45, 2.75) is 38.9 Å². The molecule has 14 heavy (non-hydrogen) atoms. The number of carbonyl (C=O) groups is 1. The molecule has 0 N–H and O–H groups in total. The molecule has 1 heterocycles. The van der Waals surface area contributed by atoms with Crippen LogP contribution in [-0.4, -0.2) is 24.8 Å². The molecule has 1 aliphatic heterocycles. The molecule has 1 saturated carbocycles. The first kappa shape index (κ1) is 8.86. The Morgan fingerprint density at radius 3 is 2.71 bits per heavy atom. The Hall–Kier alpha value is -0.410. The summed E-state index contributed by atoms with van der Waals surface area (Å²) >= 11 is 0. The highest BCUT2D eigenvalue weighted by Crippen LogP contribution is 2.37. The molecule has 1 saturated heterocycles. The molecule has 0 aromatic heterocycles. The van der Waals surface area contributed by atoms with Gasteiger partial charge in [0, 0.05) is 26.0 Å². The van der Waals surface area contributed by atoms with E-state index in [1.807, 2.05) is 6.92 Å². The standard InChI is InChI=1S/C11H18O3/c1-8-3-4-11(13-5-6-14-11)7-9(2)10(8)12/h8-9H,3-7H2,1-2H3/t8-,9+/m1/s1/i8D. The predicted molar refractivity (Wildman–Crippen MR) is 51.8 cm³/mol. The molecule has 2 atom stereocenters. The fraction of sp³-hybridized carbons (Fsp3) is 0.909. The summed E-state index contributed by atoms with van der Waals surface area (Å²) in [5, 5.41) is 0. The normalized spacial score (nSPS) is 43.7. The van der Waals surface area contributed by atoms with Gasteiger partial charge in [0.05, 0.1) is 13.2 Å². The van der Waals surface area contributed by atoms with Gasteiger partial charge in [-0.1, -0.05) is 13.8 Å². The zero-order valence-corrected chi connectivity index (χ0v) is 8.84. The second kappa shape index (κ2) is 3.63. The summed E-state index contributed by atoms with van der Waals surface area (Å²) in [6, 6.07) is 0. The lowest BCUT2D eigenvalue weighted by Gasteiger charge is -2.26. The van der Waals surface area contributed by atoms with E-state index in [1.165, 1.54) is 0 Å². The third-order valence-electron chi connectivity index (χ3n) is 3.18. The molecular formula is C11H18O3. The summed E-state index contributed by atoms with van der Waals surface area (Å²) in [5.74, 6) is -1.68. The van der Waals surface area contributed by atoms with Crippen molar-refractivity contribution in [1.29, 1.82) is 0 Å². The Balaban J connectivity index is 2.19. The fourth-order valence-corrected chi connectivity index (χ4v) is 2.34. The third kappa shape index (κ3) is 1.71. The maximum absolute atomic E-state index is 11.9. The van der Waals surface area contributed by atoms with Crippen molar-refractivity contribution in [3.63, 3.8) is 0 Å². The summed E-state index contributed by atoms with van der Waals surface area (Å²) in [7, 11) is 0. The van der Waals surface area contributed by atoms with Gasteiger partial charge < -0.3 is 9.47 Å². The van der Waals surface area contributed by atoms with Crippen LogP contribution in [0.15, 0.2) is 0 Å². The van der Waals surface area contributed by atoms with Crippen molar-refractivity contribution < 1.29 is 15.6 Å². The van der Waals surface area contributed by atoms with Crippen LogP contribution < -0.4 is 0 Å². The number of rotatable bonds is 0. The van der Waals surface area contributed by atoms with Gasteiger partial charge in [0.1, 0.15) is 5.78 Å². The first-order chi connectivity index (χ1) is 6.95. The predicted octanol–water partition coefficient (Wildman–Crippen LogP) is 1.75. The summed E-state index contributed by atoms with van der Waals surface area (Å²) in [4.78, 5) is 11.9. The van der Waals surface area contributed by atoms with Crippen molar-refractivity contribution in [2.75, 3.05) is 13.2 Å². The molecular weight excluding hydrogens is 180 g/mol. The smallest absolute Gasteiger partial charge is 0.169 e. The summed E-state index contributed by atoms with van der Waals surface area (Å²) < 4.78 is 19.2. The van der Waals surface area contributed by atoms with Crippen molar-refractivity contribution in [3.8, 4) is 0 Å². The van der Waals surface area contributed by atoms with E-state index < -0.39 is 11.7 Å². The van der Waals surface area contributed by atoms with Gasteiger partial charge in [0.25, 0.3) is 0 Å². The number of carbonyl (C=O) groups excluding carboxylic acids is 1. The lowest BCUT2D eigenvalue weighted by Crippen LogP contribution is -2.31. The zero-order chi connectivity index (χ0) is 11.1. The van der Waals surface area contributed by atoms with E-state index in [9.17, 15) is 4.79 Å². The molecule has 3 nitrogen and oxygen atoms in total. The molecule has 0 aromatic carbocycles. The van der Waals surface area contributed by atoms with E-state index >= 15 is 0 Å². The average molecular weight is 199 g/mol. The Morgan fingerprint density at radius 1 is 1.43 bits per heavy atom. The van der Waals surface area contributed by atoms with E-state index in [0.29, 0.717) is 32.5 Å². The number of ether oxygens (including phenoxy) is 2.